The third kappa shape index (κ3) is 4.28. The monoisotopic (exact) mass is 346 g/mol. The normalized spacial score (nSPS) is 22.7. The number of hydrogen-bond donors (Lipinski definition) is 0. The van der Waals surface area contributed by atoms with Gasteiger partial charge in [-0.05, 0) is 25.5 Å². The Labute approximate surface area is 148 Å². The molecular formula is C18H26N4O3. The molecule has 3 rings (SSSR count). The van der Waals surface area contributed by atoms with Crippen LogP contribution in [-0.2, 0) is 9.59 Å². The molecule has 2 atom stereocenters. The second kappa shape index (κ2) is 7.82. The lowest BCUT2D eigenvalue weighted by atomic mass is 10.2. The average Bonchev–Trinajstić information content (AvgIpc) is 3.10. The highest BCUT2D eigenvalue weighted by molar-refractivity contribution is 5.82. The molecule has 7 heteroatoms. The van der Waals surface area contributed by atoms with Gasteiger partial charge in [0.15, 0.2) is 0 Å². The molecule has 1 aromatic heterocycles. The second-order valence-electron chi connectivity index (χ2n) is 6.72. The lowest BCUT2D eigenvalue weighted by molar-refractivity contribution is -0.141. The van der Waals surface area contributed by atoms with Gasteiger partial charge in [-0.15, -0.1) is 0 Å². The van der Waals surface area contributed by atoms with E-state index in [4.69, 9.17) is 4.74 Å². The minimum Gasteiger partial charge on any atom is -0.487 e. The summed E-state index contributed by atoms with van der Waals surface area (Å²) < 4.78 is 5.95. The maximum Gasteiger partial charge on any atom is 0.239 e. The fourth-order valence-electron chi connectivity index (χ4n) is 3.47. The predicted molar refractivity (Wildman–Crippen MR) is 93.1 cm³/mol. The third-order valence-corrected chi connectivity index (χ3v) is 5.06. The SMILES string of the molecule is CC(=O)N1CCN(C(=O)[C@H](C)N2CC[C@@H](Oc3cccnc3)C2)CC1. The van der Waals surface area contributed by atoms with E-state index in [0.29, 0.717) is 26.2 Å². The number of ether oxygens (including phenoxy) is 1. The molecule has 2 aliphatic heterocycles. The number of hydrogen-bond acceptors (Lipinski definition) is 5. The Morgan fingerprint density at radius 1 is 1.20 bits per heavy atom. The molecule has 0 aliphatic carbocycles. The van der Waals surface area contributed by atoms with E-state index in [9.17, 15) is 9.59 Å². The number of likely N-dealkylation sites (tertiary alicyclic amines) is 1. The van der Waals surface area contributed by atoms with Crippen molar-refractivity contribution in [3.63, 3.8) is 0 Å². The van der Waals surface area contributed by atoms with Gasteiger partial charge in [-0.1, -0.05) is 0 Å². The van der Waals surface area contributed by atoms with Crippen LogP contribution in [0.2, 0.25) is 0 Å². The van der Waals surface area contributed by atoms with Crippen molar-refractivity contribution in [2.75, 3.05) is 39.3 Å². The van der Waals surface area contributed by atoms with Gasteiger partial charge >= 0.3 is 0 Å². The zero-order valence-corrected chi connectivity index (χ0v) is 14.9. The van der Waals surface area contributed by atoms with Crippen molar-refractivity contribution in [3.05, 3.63) is 24.5 Å². The van der Waals surface area contributed by atoms with Gasteiger partial charge in [-0.2, -0.15) is 0 Å². The van der Waals surface area contributed by atoms with E-state index < -0.39 is 0 Å². The van der Waals surface area contributed by atoms with Crippen molar-refractivity contribution in [3.8, 4) is 5.75 Å². The maximum atomic E-state index is 12.8. The van der Waals surface area contributed by atoms with E-state index in [-0.39, 0.29) is 24.0 Å². The van der Waals surface area contributed by atoms with Crippen LogP contribution in [0.1, 0.15) is 20.3 Å². The van der Waals surface area contributed by atoms with Gasteiger partial charge in [0.05, 0.1) is 12.2 Å². The Hall–Kier alpha value is -2.15. The van der Waals surface area contributed by atoms with Crippen molar-refractivity contribution in [1.29, 1.82) is 0 Å². The summed E-state index contributed by atoms with van der Waals surface area (Å²) in [4.78, 5) is 34.1. The van der Waals surface area contributed by atoms with Crippen molar-refractivity contribution >= 4 is 11.8 Å². The third-order valence-electron chi connectivity index (χ3n) is 5.06. The van der Waals surface area contributed by atoms with Gasteiger partial charge in [0.2, 0.25) is 11.8 Å². The Morgan fingerprint density at radius 2 is 1.92 bits per heavy atom. The van der Waals surface area contributed by atoms with Crippen molar-refractivity contribution in [2.24, 2.45) is 0 Å². The Kier molecular flexibility index (Phi) is 5.53. The average molecular weight is 346 g/mol. The molecule has 0 radical (unpaired) electrons. The van der Waals surface area contributed by atoms with Gasteiger partial charge < -0.3 is 14.5 Å². The molecule has 136 valence electrons. The summed E-state index contributed by atoms with van der Waals surface area (Å²) in [7, 11) is 0. The Morgan fingerprint density at radius 3 is 2.56 bits per heavy atom. The van der Waals surface area contributed by atoms with Gasteiger partial charge in [-0.25, -0.2) is 0 Å². The van der Waals surface area contributed by atoms with Crippen LogP contribution >= 0.6 is 0 Å². The largest absolute Gasteiger partial charge is 0.487 e. The summed E-state index contributed by atoms with van der Waals surface area (Å²) in [5, 5.41) is 0. The maximum absolute atomic E-state index is 12.8. The number of carbonyl (C=O) groups excluding carboxylic acids is 2. The number of amides is 2. The van der Waals surface area contributed by atoms with Gasteiger partial charge in [-0.3, -0.25) is 19.5 Å². The molecule has 3 heterocycles. The van der Waals surface area contributed by atoms with Crippen LogP contribution in [0, 0.1) is 0 Å². The molecular weight excluding hydrogens is 320 g/mol. The summed E-state index contributed by atoms with van der Waals surface area (Å²) >= 11 is 0. The predicted octanol–water partition coefficient (Wildman–Crippen LogP) is 0.614. The Balaban J connectivity index is 1.49. The van der Waals surface area contributed by atoms with Crippen molar-refractivity contribution < 1.29 is 14.3 Å². The van der Waals surface area contributed by atoms with Crippen LogP contribution in [0.5, 0.6) is 5.75 Å². The van der Waals surface area contributed by atoms with Crippen molar-refractivity contribution in [1.82, 2.24) is 19.7 Å². The van der Waals surface area contributed by atoms with Gasteiger partial charge in [0.25, 0.3) is 0 Å². The van der Waals surface area contributed by atoms with Crippen LogP contribution in [0.15, 0.2) is 24.5 Å². The number of aromatic nitrogens is 1. The summed E-state index contributed by atoms with van der Waals surface area (Å²) in [6, 6.07) is 3.60. The summed E-state index contributed by atoms with van der Waals surface area (Å²) in [6.45, 7) is 7.62. The number of carbonyl (C=O) groups is 2. The fourth-order valence-corrected chi connectivity index (χ4v) is 3.47. The van der Waals surface area contributed by atoms with Crippen molar-refractivity contribution in [2.45, 2.75) is 32.4 Å². The highest BCUT2D eigenvalue weighted by Gasteiger charge is 2.34. The lowest BCUT2D eigenvalue weighted by Crippen LogP contribution is -2.54. The highest BCUT2D eigenvalue weighted by atomic mass is 16.5. The molecule has 0 unspecified atom stereocenters. The number of piperazine rings is 1. The van der Waals surface area contributed by atoms with E-state index in [2.05, 4.69) is 9.88 Å². The first-order valence-corrected chi connectivity index (χ1v) is 8.89. The first-order chi connectivity index (χ1) is 12.0. The number of rotatable bonds is 4. The molecule has 7 nitrogen and oxygen atoms in total. The number of nitrogens with zero attached hydrogens (tertiary/aromatic N) is 4. The fraction of sp³-hybridized carbons (Fsp3) is 0.611. The summed E-state index contributed by atoms with van der Waals surface area (Å²) in [6.07, 6.45) is 4.44. The summed E-state index contributed by atoms with van der Waals surface area (Å²) in [5.41, 5.74) is 0. The van der Waals surface area contributed by atoms with E-state index in [0.717, 1.165) is 25.3 Å². The molecule has 0 bridgehead atoms. The molecule has 0 N–H and O–H groups in total. The molecule has 0 saturated carbocycles. The first-order valence-electron chi connectivity index (χ1n) is 8.89. The minimum absolute atomic E-state index is 0.0788. The van der Waals surface area contributed by atoms with Crippen LogP contribution in [0.3, 0.4) is 0 Å². The van der Waals surface area contributed by atoms with Crippen LogP contribution in [-0.4, -0.2) is 82.9 Å². The smallest absolute Gasteiger partial charge is 0.239 e. The summed E-state index contributed by atoms with van der Waals surface area (Å²) in [5.74, 6) is 0.994. The standard InChI is InChI=1S/C18H26N4O3/c1-14(18(24)21-10-8-20(9-11-21)15(2)23)22-7-5-17(13-22)25-16-4-3-6-19-12-16/h3-4,6,12,14,17H,5,7-11,13H2,1-2H3/t14-,17+/m0/s1. The highest BCUT2D eigenvalue weighted by Crippen LogP contribution is 2.20. The lowest BCUT2D eigenvalue weighted by Gasteiger charge is -2.37. The van der Waals surface area contributed by atoms with Gasteiger partial charge in [0.1, 0.15) is 11.9 Å². The van der Waals surface area contributed by atoms with Crippen LogP contribution < -0.4 is 4.74 Å². The quantitative estimate of drug-likeness (QED) is 0.799. The first kappa shape index (κ1) is 17.7. The van der Waals surface area contributed by atoms with Gasteiger partial charge in [0, 0.05) is 52.4 Å². The second-order valence-corrected chi connectivity index (χ2v) is 6.72. The number of pyridine rings is 1. The zero-order chi connectivity index (χ0) is 17.8. The van der Waals surface area contributed by atoms with E-state index >= 15 is 0 Å². The topological polar surface area (TPSA) is 66.0 Å². The molecule has 2 fully saturated rings. The van der Waals surface area contributed by atoms with E-state index in [1.54, 1.807) is 24.2 Å². The van der Waals surface area contributed by atoms with Crippen LogP contribution in [0.4, 0.5) is 0 Å². The van der Waals surface area contributed by atoms with E-state index in [1.807, 2.05) is 24.0 Å². The van der Waals surface area contributed by atoms with E-state index in [1.165, 1.54) is 0 Å². The minimum atomic E-state index is -0.161. The zero-order valence-electron chi connectivity index (χ0n) is 14.9. The molecule has 2 aliphatic rings. The molecule has 1 aromatic rings. The Bertz CT molecular complexity index is 602. The molecule has 0 aromatic carbocycles. The molecule has 25 heavy (non-hydrogen) atoms. The molecule has 2 amide bonds. The molecule has 0 spiro atoms. The molecule has 2 saturated heterocycles. The van der Waals surface area contributed by atoms with Crippen LogP contribution in [0.25, 0.3) is 0 Å².